The van der Waals surface area contributed by atoms with Crippen LogP contribution in [0.4, 0.5) is 4.79 Å². The van der Waals surface area contributed by atoms with Crippen molar-refractivity contribution in [2.75, 3.05) is 6.54 Å². The van der Waals surface area contributed by atoms with Crippen LogP contribution in [0.25, 0.3) is 0 Å². The molecule has 25 heavy (non-hydrogen) atoms. The second kappa shape index (κ2) is 9.41. The predicted octanol–water partition coefficient (Wildman–Crippen LogP) is 1.69. The third-order valence-corrected chi connectivity index (χ3v) is 3.49. The predicted molar refractivity (Wildman–Crippen MR) is 85.7 cm³/mol. The summed E-state index contributed by atoms with van der Waals surface area (Å²) in [7, 11) is 0. The first-order chi connectivity index (χ1) is 12.1. The van der Waals surface area contributed by atoms with E-state index in [4.69, 9.17) is 9.57 Å². The minimum absolute atomic E-state index is 0.0534. The second-order valence-electron chi connectivity index (χ2n) is 5.49. The van der Waals surface area contributed by atoms with E-state index in [1.807, 2.05) is 30.3 Å². The number of amides is 3. The summed E-state index contributed by atoms with van der Waals surface area (Å²) in [5, 5.41) is 3.11. The molecule has 134 valence electrons. The summed E-state index contributed by atoms with van der Waals surface area (Å²) in [5.41, 5.74) is 0.895. The molecule has 2 rings (SSSR count). The average Bonchev–Trinajstić information content (AvgIpc) is 2.92. The molecule has 0 aromatic heterocycles. The third-order valence-electron chi connectivity index (χ3n) is 3.49. The van der Waals surface area contributed by atoms with Gasteiger partial charge in [0.05, 0.1) is 0 Å². The van der Waals surface area contributed by atoms with Crippen LogP contribution in [0.5, 0.6) is 0 Å². The number of rotatable bonds is 8. The van der Waals surface area contributed by atoms with Gasteiger partial charge in [0, 0.05) is 25.8 Å². The molecule has 1 aliphatic heterocycles. The fraction of sp³-hybridized carbons (Fsp3) is 0.412. The highest BCUT2D eigenvalue weighted by Gasteiger charge is 2.32. The quantitative estimate of drug-likeness (QED) is 0.566. The second-order valence-corrected chi connectivity index (χ2v) is 5.49. The molecule has 0 bridgehead atoms. The number of unbranched alkanes of at least 4 members (excludes halogenated alkanes) is 1. The smallest absolute Gasteiger partial charge is 0.407 e. The Kier molecular flexibility index (Phi) is 6.94. The fourth-order valence-electron chi connectivity index (χ4n) is 2.16. The molecule has 3 amide bonds. The number of imide groups is 1. The summed E-state index contributed by atoms with van der Waals surface area (Å²) in [6.07, 6.45) is 0.658. The van der Waals surface area contributed by atoms with Crippen LogP contribution in [0, 0.1) is 0 Å². The van der Waals surface area contributed by atoms with Gasteiger partial charge >= 0.3 is 12.1 Å². The minimum Gasteiger partial charge on any atom is -0.445 e. The lowest BCUT2D eigenvalue weighted by molar-refractivity contribution is -0.197. The van der Waals surface area contributed by atoms with E-state index in [0.29, 0.717) is 24.4 Å². The van der Waals surface area contributed by atoms with E-state index in [2.05, 4.69) is 5.32 Å². The van der Waals surface area contributed by atoms with E-state index in [9.17, 15) is 19.2 Å². The van der Waals surface area contributed by atoms with Crippen molar-refractivity contribution < 1.29 is 28.8 Å². The fourth-order valence-corrected chi connectivity index (χ4v) is 2.16. The van der Waals surface area contributed by atoms with Crippen molar-refractivity contribution in [1.29, 1.82) is 0 Å². The highest BCUT2D eigenvalue weighted by atomic mass is 16.7. The molecule has 1 heterocycles. The van der Waals surface area contributed by atoms with Crippen LogP contribution in [0.15, 0.2) is 30.3 Å². The number of carbonyl (C=O) groups is 4. The molecule has 8 heteroatoms. The highest BCUT2D eigenvalue weighted by Crippen LogP contribution is 2.13. The van der Waals surface area contributed by atoms with Crippen LogP contribution in [0.1, 0.15) is 37.7 Å². The number of ether oxygens (including phenoxy) is 1. The summed E-state index contributed by atoms with van der Waals surface area (Å²) in [6, 6.07) is 9.31. The first kappa shape index (κ1) is 18.4. The minimum atomic E-state index is -0.643. The molecular formula is C17H20N2O6. The van der Waals surface area contributed by atoms with Crippen LogP contribution < -0.4 is 5.32 Å². The van der Waals surface area contributed by atoms with Crippen LogP contribution in [-0.2, 0) is 30.6 Å². The molecule has 1 saturated heterocycles. The SMILES string of the molecule is O=C(CCCCNC(=O)OCc1ccccc1)ON1C(=O)CCC1=O. The first-order valence-electron chi connectivity index (χ1n) is 8.07. The zero-order chi connectivity index (χ0) is 18.1. The van der Waals surface area contributed by atoms with E-state index in [1.165, 1.54) is 0 Å². The summed E-state index contributed by atoms with van der Waals surface area (Å²) < 4.78 is 5.04. The van der Waals surface area contributed by atoms with Crippen molar-refractivity contribution >= 4 is 23.9 Å². The molecule has 0 unspecified atom stereocenters. The molecule has 1 fully saturated rings. The van der Waals surface area contributed by atoms with Crippen molar-refractivity contribution in [3.63, 3.8) is 0 Å². The number of alkyl carbamates (subject to hydrolysis) is 1. The van der Waals surface area contributed by atoms with E-state index in [1.54, 1.807) is 0 Å². The lowest BCUT2D eigenvalue weighted by Gasteiger charge is -2.12. The maximum Gasteiger partial charge on any atom is 0.407 e. The summed E-state index contributed by atoms with van der Waals surface area (Å²) in [6.45, 7) is 0.541. The molecule has 0 saturated carbocycles. The molecule has 8 nitrogen and oxygen atoms in total. The highest BCUT2D eigenvalue weighted by molar-refractivity contribution is 6.01. The van der Waals surface area contributed by atoms with Gasteiger partial charge in [-0.3, -0.25) is 9.59 Å². The molecule has 1 N–H and O–H groups in total. The van der Waals surface area contributed by atoms with Gasteiger partial charge in [-0.25, -0.2) is 9.59 Å². The van der Waals surface area contributed by atoms with Gasteiger partial charge in [-0.2, -0.15) is 0 Å². The number of carbonyl (C=O) groups excluding carboxylic acids is 4. The van der Waals surface area contributed by atoms with E-state index >= 15 is 0 Å². The van der Waals surface area contributed by atoms with Gasteiger partial charge < -0.3 is 14.9 Å². The molecule has 1 aliphatic rings. The number of benzene rings is 1. The normalized spacial score (nSPS) is 13.7. The number of hydrogen-bond acceptors (Lipinski definition) is 6. The van der Waals surface area contributed by atoms with Crippen LogP contribution in [-0.4, -0.2) is 35.5 Å². The Morgan fingerprint density at radius 2 is 1.72 bits per heavy atom. The zero-order valence-electron chi connectivity index (χ0n) is 13.7. The summed E-state index contributed by atoms with van der Waals surface area (Å²) >= 11 is 0. The first-order valence-corrected chi connectivity index (χ1v) is 8.07. The Bertz CT molecular complexity index is 615. The summed E-state index contributed by atoms with van der Waals surface area (Å²) in [4.78, 5) is 50.4. The third kappa shape index (κ3) is 6.25. The van der Waals surface area contributed by atoms with Crippen LogP contribution >= 0.6 is 0 Å². The van der Waals surface area contributed by atoms with Gasteiger partial charge in [0.25, 0.3) is 11.8 Å². The monoisotopic (exact) mass is 348 g/mol. The number of nitrogens with one attached hydrogen (secondary N) is 1. The number of nitrogens with zero attached hydrogens (tertiary/aromatic N) is 1. The average molecular weight is 348 g/mol. The van der Waals surface area contributed by atoms with Gasteiger partial charge in [0.15, 0.2) is 0 Å². The van der Waals surface area contributed by atoms with Gasteiger partial charge in [-0.1, -0.05) is 30.3 Å². The largest absolute Gasteiger partial charge is 0.445 e. The number of hydroxylamine groups is 2. The van der Waals surface area contributed by atoms with Crippen LogP contribution in [0.3, 0.4) is 0 Å². The topological polar surface area (TPSA) is 102 Å². The molecule has 0 atom stereocenters. The Labute approximate surface area is 145 Å². The number of hydrogen-bond donors (Lipinski definition) is 1. The van der Waals surface area contributed by atoms with E-state index < -0.39 is 23.9 Å². The molecule has 1 aromatic rings. The maximum absolute atomic E-state index is 11.6. The van der Waals surface area contributed by atoms with Crippen molar-refractivity contribution in [2.24, 2.45) is 0 Å². The van der Waals surface area contributed by atoms with Crippen molar-refractivity contribution in [1.82, 2.24) is 10.4 Å². The van der Waals surface area contributed by atoms with E-state index in [-0.39, 0.29) is 25.9 Å². The Hall–Kier alpha value is -2.90. The summed E-state index contributed by atoms with van der Waals surface area (Å²) in [5.74, 6) is -1.64. The Morgan fingerprint density at radius 1 is 1.04 bits per heavy atom. The molecule has 0 radical (unpaired) electrons. The maximum atomic E-state index is 11.6. The van der Waals surface area contributed by atoms with Gasteiger partial charge in [0.1, 0.15) is 6.61 Å². The lowest BCUT2D eigenvalue weighted by atomic mass is 10.2. The van der Waals surface area contributed by atoms with Crippen molar-refractivity contribution in [3.05, 3.63) is 35.9 Å². The molecule has 0 aliphatic carbocycles. The zero-order valence-corrected chi connectivity index (χ0v) is 13.7. The van der Waals surface area contributed by atoms with Gasteiger partial charge in [-0.15, -0.1) is 5.06 Å². The van der Waals surface area contributed by atoms with Gasteiger partial charge in [0.2, 0.25) is 0 Å². The molecule has 1 aromatic carbocycles. The Balaban J connectivity index is 1.52. The molecular weight excluding hydrogens is 328 g/mol. The van der Waals surface area contributed by atoms with Crippen molar-refractivity contribution in [3.8, 4) is 0 Å². The van der Waals surface area contributed by atoms with E-state index in [0.717, 1.165) is 5.56 Å². The molecule has 0 spiro atoms. The lowest BCUT2D eigenvalue weighted by Crippen LogP contribution is -2.32. The standard InChI is InChI=1S/C17H20N2O6/c20-14-9-10-15(21)19(14)25-16(22)8-4-5-11-18-17(23)24-12-13-6-2-1-3-7-13/h1-3,6-7H,4-5,8-12H2,(H,18,23). The van der Waals surface area contributed by atoms with Gasteiger partial charge in [-0.05, 0) is 18.4 Å². The van der Waals surface area contributed by atoms with Crippen LogP contribution in [0.2, 0.25) is 0 Å². The van der Waals surface area contributed by atoms with Crippen molar-refractivity contribution in [2.45, 2.75) is 38.7 Å². The Morgan fingerprint density at radius 3 is 2.40 bits per heavy atom.